The van der Waals surface area contributed by atoms with E-state index >= 15 is 0 Å². The van der Waals surface area contributed by atoms with Gasteiger partial charge in [0.25, 0.3) is 0 Å². The minimum Gasteiger partial charge on any atom is -0.377 e. The van der Waals surface area contributed by atoms with E-state index in [0.717, 1.165) is 49.2 Å². The van der Waals surface area contributed by atoms with Gasteiger partial charge in [-0.25, -0.2) is 19.2 Å². The molecule has 6 rings (SSSR count). The Bertz CT molecular complexity index is 1380. The number of halogens is 1. The molecule has 3 aliphatic rings. The molecule has 2 amide bonds. The van der Waals surface area contributed by atoms with E-state index in [0.29, 0.717) is 36.2 Å². The summed E-state index contributed by atoms with van der Waals surface area (Å²) in [5, 5.41) is 5.87. The van der Waals surface area contributed by atoms with Crippen LogP contribution in [0, 0.1) is 5.82 Å². The zero-order valence-electron chi connectivity index (χ0n) is 21.9. The number of rotatable bonds is 7. The summed E-state index contributed by atoms with van der Waals surface area (Å²) in [6, 6.07) is 15.5. The van der Waals surface area contributed by atoms with Gasteiger partial charge in [-0.15, -0.1) is 0 Å². The van der Waals surface area contributed by atoms with Crippen LogP contribution in [0.1, 0.15) is 44.7 Å². The quantitative estimate of drug-likeness (QED) is 0.432. The minimum atomic E-state index is -1.39. The van der Waals surface area contributed by atoms with Crippen LogP contribution in [0.25, 0.3) is 11.4 Å². The molecule has 1 aliphatic heterocycles. The number of carbonyl (C=O) groups is 1. The zero-order chi connectivity index (χ0) is 27.0. The third kappa shape index (κ3) is 5.40. The van der Waals surface area contributed by atoms with Crippen LogP contribution in [0.4, 0.5) is 20.7 Å². The number of hydrogen-bond acceptors (Lipinski definition) is 6. The molecule has 10 heteroatoms. The van der Waals surface area contributed by atoms with E-state index in [4.69, 9.17) is 14.7 Å². The summed E-state index contributed by atoms with van der Waals surface area (Å²) in [5.74, 6) is 0.955. The summed E-state index contributed by atoms with van der Waals surface area (Å²) in [7, 11) is -1.39. The number of amides is 2. The van der Waals surface area contributed by atoms with Crippen molar-refractivity contribution < 1.29 is 18.1 Å². The third-order valence-corrected chi connectivity index (χ3v) is 9.80. The van der Waals surface area contributed by atoms with Crippen molar-refractivity contribution in [3.05, 3.63) is 66.1 Å². The van der Waals surface area contributed by atoms with Crippen molar-refractivity contribution in [1.82, 2.24) is 15.3 Å². The van der Waals surface area contributed by atoms with Crippen molar-refractivity contribution >= 4 is 28.3 Å². The standard InChI is InChI=1S/C29H32FN5O3S/c1-19-18-38-16-15-35(19)26-17-25(29(13-14-29)39(37)24-11-7-21(30)8-12-24)33-27(34-26)20-5-9-23(10-6-20)32-28(36)31-22-3-2-4-22/h5-12,17,19,22H,2-4,13-16,18H2,1H3,(H2,31,32,36)/t19-,39?/m0/s1. The predicted octanol–water partition coefficient (Wildman–Crippen LogP) is 4.98. The second kappa shape index (κ2) is 10.7. The zero-order valence-corrected chi connectivity index (χ0v) is 22.7. The Balaban J connectivity index is 1.32. The Labute approximate surface area is 229 Å². The van der Waals surface area contributed by atoms with Gasteiger partial charge in [0, 0.05) is 34.8 Å². The van der Waals surface area contributed by atoms with Crippen molar-refractivity contribution in [1.29, 1.82) is 0 Å². The molecule has 39 heavy (non-hydrogen) atoms. The predicted molar refractivity (Wildman–Crippen MR) is 149 cm³/mol. The van der Waals surface area contributed by atoms with Crippen LogP contribution in [0.3, 0.4) is 0 Å². The van der Waals surface area contributed by atoms with Crippen LogP contribution >= 0.6 is 0 Å². The van der Waals surface area contributed by atoms with E-state index in [1.165, 1.54) is 12.1 Å². The molecule has 2 aliphatic carbocycles. The van der Waals surface area contributed by atoms with Gasteiger partial charge in [-0.3, -0.25) is 4.21 Å². The summed E-state index contributed by atoms with van der Waals surface area (Å²) >= 11 is 0. The number of morpholine rings is 1. The highest BCUT2D eigenvalue weighted by molar-refractivity contribution is 7.86. The fourth-order valence-corrected chi connectivity index (χ4v) is 6.66. The Kier molecular flexibility index (Phi) is 7.07. The first-order chi connectivity index (χ1) is 18.9. The number of ether oxygens (including phenoxy) is 1. The van der Waals surface area contributed by atoms with E-state index in [-0.39, 0.29) is 23.9 Å². The van der Waals surface area contributed by atoms with Crippen molar-refractivity contribution in [2.75, 3.05) is 30.0 Å². The van der Waals surface area contributed by atoms with Gasteiger partial charge in [0.1, 0.15) is 11.6 Å². The van der Waals surface area contributed by atoms with Crippen LogP contribution < -0.4 is 15.5 Å². The molecule has 8 nitrogen and oxygen atoms in total. The Morgan fingerprint density at radius 2 is 1.85 bits per heavy atom. The maximum absolute atomic E-state index is 13.7. The smallest absolute Gasteiger partial charge is 0.319 e. The first kappa shape index (κ1) is 25.9. The Morgan fingerprint density at radius 1 is 1.10 bits per heavy atom. The maximum atomic E-state index is 13.7. The lowest BCUT2D eigenvalue weighted by molar-refractivity contribution is 0.0985. The average molecular weight is 550 g/mol. The highest BCUT2D eigenvalue weighted by Gasteiger charge is 2.52. The lowest BCUT2D eigenvalue weighted by atomic mass is 9.93. The second-order valence-corrected chi connectivity index (χ2v) is 12.4. The molecule has 0 spiro atoms. The lowest BCUT2D eigenvalue weighted by Gasteiger charge is -2.34. The normalized spacial score (nSPS) is 21.1. The van der Waals surface area contributed by atoms with Crippen LogP contribution in [0.5, 0.6) is 0 Å². The number of carbonyl (C=O) groups excluding carboxylic acids is 1. The molecule has 1 aromatic heterocycles. The van der Waals surface area contributed by atoms with Crippen molar-refractivity contribution in [3.63, 3.8) is 0 Å². The van der Waals surface area contributed by atoms with Gasteiger partial charge in [-0.05, 0) is 87.6 Å². The summed E-state index contributed by atoms with van der Waals surface area (Å²) in [6.45, 7) is 4.00. The van der Waals surface area contributed by atoms with Crippen molar-refractivity contribution in [2.45, 2.75) is 60.8 Å². The highest BCUT2D eigenvalue weighted by Crippen LogP contribution is 2.53. The Hall–Kier alpha value is -3.37. The molecule has 0 bridgehead atoms. The third-order valence-electron chi connectivity index (χ3n) is 7.77. The van der Waals surface area contributed by atoms with E-state index in [2.05, 4.69) is 22.5 Å². The molecular weight excluding hydrogens is 517 g/mol. The maximum Gasteiger partial charge on any atom is 0.319 e. The number of hydrogen-bond donors (Lipinski definition) is 2. The summed E-state index contributed by atoms with van der Waals surface area (Å²) in [6.07, 6.45) is 4.66. The summed E-state index contributed by atoms with van der Waals surface area (Å²) in [4.78, 5) is 24.9. The van der Waals surface area contributed by atoms with Crippen molar-refractivity contribution in [3.8, 4) is 11.4 Å². The van der Waals surface area contributed by atoms with Gasteiger partial charge in [0.15, 0.2) is 5.82 Å². The SMILES string of the molecule is C[C@H]1COCCN1c1cc(C2(S(=O)c3ccc(F)cc3)CC2)nc(-c2ccc(NC(=O)NC3CCC3)cc2)n1. The van der Waals surface area contributed by atoms with E-state index in [9.17, 15) is 13.4 Å². The number of nitrogens with zero attached hydrogens (tertiary/aromatic N) is 3. The molecule has 3 aromatic rings. The molecule has 2 saturated carbocycles. The topological polar surface area (TPSA) is 96.5 Å². The first-order valence-corrected chi connectivity index (χ1v) is 14.7. The molecule has 2 atom stereocenters. The van der Waals surface area contributed by atoms with Crippen LogP contribution in [-0.4, -0.2) is 52.1 Å². The average Bonchev–Trinajstić information content (AvgIpc) is 3.74. The first-order valence-electron chi connectivity index (χ1n) is 13.5. The van der Waals surface area contributed by atoms with Gasteiger partial charge < -0.3 is 20.3 Å². The number of aromatic nitrogens is 2. The van der Waals surface area contributed by atoms with E-state index in [1.54, 1.807) is 12.1 Å². The minimum absolute atomic E-state index is 0.132. The fourth-order valence-electron chi connectivity index (χ4n) is 5.05. The molecule has 3 fully saturated rings. The fraction of sp³-hybridized carbons (Fsp3) is 0.414. The summed E-state index contributed by atoms with van der Waals surface area (Å²) in [5.41, 5.74) is 2.21. The van der Waals surface area contributed by atoms with Gasteiger partial charge in [0.05, 0.1) is 40.5 Å². The molecule has 204 valence electrons. The number of benzene rings is 2. The molecular formula is C29H32FN5O3S. The number of urea groups is 1. The monoisotopic (exact) mass is 549 g/mol. The molecule has 2 N–H and O–H groups in total. The van der Waals surface area contributed by atoms with Crippen molar-refractivity contribution in [2.24, 2.45) is 0 Å². The van der Waals surface area contributed by atoms with Gasteiger partial charge in [-0.2, -0.15) is 0 Å². The highest BCUT2D eigenvalue weighted by atomic mass is 32.2. The molecule has 1 saturated heterocycles. The van der Waals surface area contributed by atoms with Gasteiger partial charge in [-0.1, -0.05) is 0 Å². The van der Waals surface area contributed by atoms with E-state index in [1.807, 2.05) is 30.3 Å². The second-order valence-electron chi connectivity index (χ2n) is 10.6. The van der Waals surface area contributed by atoms with Gasteiger partial charge in [0.2, 0.25) is 0 Å². The Morgan fingerprint density at radius 3 is 2.49 bits per heavy atom. The van der Waals surface area contributed by atoms with Crippen LogP contribution in [0.15, 0.2) is 59.5 Å². The van der Waals surface area contributed by atoms with Crippen LogP contribution in [0.2, 0.25) is 0 Å². The van der Waals surface area contributed by atoms with E-state index < -0.39 is 15.5 Å². The summed E-state index contributed by atoms with van der Waals surface area (Å²) < 4.78 is 32.3. The molecule has 2 aromatic carbocycles. The van der Waals surface area contributed by atoms with Gasteiger partial charge >= 0.3 is 6.03 Å². The lowest BCUT2D eigenvalue weighted by Crippen LogP contribution is -2.44. The number of anilines is 2. The number of nitrogens with one attached hydrogen (secondary N) is 2. The van der Waals surface area contributed by atoms with Crippen LogP contribution in [-0.2, 0) is 20.3 Å². The molecule has 0 radical (unpaired) electrons. The molecule has 2 heterocycles. The molecule has 1 unspecified atom stereocenters. The largest absolute Gasteiger partial charge is 0.377 e.